The lowest BCUT2D eigenvalue weighted by molar-refractivity contribution is 0.463. The second kappa shape index (κ2) is 5.38. The third kappa shape index (κ3) is 2.49. The average Bonchev–Trinajstić information content (AvgIpc) is 2.79. The fourth-order valence-electron chi connectivity index (χ4n) is 2.07. The molecule has 102 valence electrons. The van der Waals surface area contributed by atoms with Crippen molar-refractivity contribution in [1.29, 1.82) is 0 Å². The van der Waals surface area contributed by atoms with Crippen molar-refractivity contribution in [3.05, 3.63) is 46.1 Å². The lowest BCUT2D eigenvalue weighted by Gasteiger charge is -2.09. The Labute approximate surface area is 126 Å². The van der Waals surface area contributed by atoms with E-state index in [1.165, 1.54) is 0 Å². The van der Waals surface area contributed by atoms with Gasteiger partial charge in [-0.15, -0.1) is 11.3 Å². The SMILES string of the molecule is CCc1ccccc1Oc1nc(Cl)nc2sc(C)cc12. The molecule has 0 saturated heterocycles. The van der Waals surface area contributed by atoms with E-state index < -0.39 is 0 Å². The lowest BCUT2D eigenvalue weighted by atomic mass is 10.1. The topological polar surface area (TPSA) is 35.0 Å². The Morgan fingerprint density at radius 2 is 2.05 bits per heavy atom. The number of thiophene rings is 1. The molecular weight excluding hydrogens is 292 g/mol. The summed E-state index contributed by atoms with van der Waals surface area (Å²) in [4.78, 5) is 10.5. The van der Waals surface area contributed by atoms with Crippen LogP contribution >= 0.6 is 22.9 Å². The molecule has 0 aliphatic carbocycles. The van der Waals surface area contributed by atoms with E-state index in [0.29, 0.717) is 5.88 Å². The van der Waals surface area contributed by atoms with Crippen LogP contribution in [0.5, 0.6) is 11.6 Å². The van der Waals surface area contributed by atoms with Crippen molar-refractivity contribution in [3.63, 3.8) is 0 Å². The summed E-state index contributed by atoms with van der Waals surface area (Å²) in [7, 11) is 0. The molecule has 2 heterocycles. The van der Waals surface area contributed by atoms with Crippen LogP contribution in [0.25, 0.3) is 10.2 Å². The molecule has 2 aromatic heterocycles. The number of ether oxygens (including phenoxy) is 1. The Kier molecular flexibility index (Phi) is 3.59. The molecule has 1 aromatic carbocycles. The van der Waals surface area contributed by atoms with Crippen molar-refractivity contribution in [2.24, 2.45) is 0 Å². The smallest absolute Gasteiger partial charge is 0.232 e. The fraction of sp³-hybridized carbons (Fsp3) is 0.200. The van der Waals surface area contributed by atoms with E-state index in [1.807, 2.05) is 37.3 Å². The molecule has 3 aromatic rings. The first-order chi connectivity index (χ1) is 9.67. The van der Waals surface area contributed by atoms with Crippen LogP contribution in [-0.2, 0) is 6.42 Å². The quantitative estimate of drug-likeness (QED) is 0.638. The highest BCUT2D eigenvalue weighted by molar-refractivity contribution is 7.18. The average molecular weight is 305 g/mol. The van der Waals surface area contributed by atoms with Crippen molar-refractivity contribution in [3.8, 4) is 11.6 Å². The molecule has 5 heteroatoms. The first-order valence-electron chi connectivity index (χ1n) is 6.37. The van der Waals surface area contributed by atoms with Gasteiger partial charge in [0.1, 0.15) is 10.6 Å². The van der Waals surface area contributed by atoms with E-state index >= 15 is 0 Å². The van der Waals surface area contributed by atoms with Crippen LogP contribution in [0.1, 0.15) is 17.4 Å². The summed E-state index contributed by atoms with van der Waals surface area (Å²) in [5.41, 5.74) is 1.14. The van der Waals surface area contributed by atoms with Gasteiger partial charge in [0.2, 0.25) is 11.2 Å². The number of benzene rings is 1. The zero-order valence-electron chi connectivity index (χ0n) is 11.2. The number of aromatic nitrogens is 2. The molecule has 0 atom stereocenters. The van der Waals surface area contributed by atoms with Crippen molar-refractivity contribution in [2.75, 3.05) is 0 Å². The van der Waals surface area contributed by atoms with E-state index in [9.17, 15) is 0 Å². The number of fused-ring (bicyclic) bond motifs is 1. The predicted molar refractivity (Wildman–Crippen MR) is 83.1 cm³/mol. The summed E-state index contributed by atoms with van der Waals surface area (Å²) >= 11 is 7.56. The first-order valence-corrected chi connectivity index (χ1v) is 7.56. The van der Waals surface area contributed by atoms with Crippen LogP contribution in [-0.4, -0.2) is 9.97 Å². The van der Waals surface area contributed by atoms with Gasteiger partial charge >= 0.3 is 0 Å². The maximum Gasteiger partial charge on any atom is 0.232 e. The van der Waals surface area contributed by atoms with E-state index in [-0.39, 0.29) is 5.28 Å². The summed E-state index contributed by atoms with van der Waals surface area (Å²) in [6.45, 7) is 4.13. The van der Waals surface area contributed by atoms with E-state index in [4.69, 9.17) is 16.3 Å². The maximum absolute atomic E-state index is 5.98. The first kappa shape index (κ1) is 13.3. The molecule has 0 spiro atoms. The molecule has 0 fully saturated rings. The number of aryl methyl sites for hydroxylation is 2. The standard InChI is InChI=1S/C15H13ClN2OS/c1-3-10-6-4-5-7-12(10)19-13-11-8-9(2)20-14(11)18-15(16)17-13/h4-8H,3H2,1-2H3. The molecule has 0 unspecified atom stereocenters. The third-order valence-electron chi connectivity index (χ3n) is 3.01. The van der Waals surface area contributed by atoms with Gasteiger partial charge in [0.15, 0.2) is 0 Å². The summed E-state index contributed by atoms with van der Waals surface area (Å²) in [6, 6.07) is 9.98. The summed E-state index contributed by atoms with van der Waals surface area (Å²) < 4.78 is 5.98. The Morgan fingerprint density at radius 3 is 2.85 bits per heavy atom. The van der Waals surface area contributed by atoms with Gasteiger partial charge in [-0.05, 0) is 42.6 Å². The highest BCUT2D eigenvalue weighted by Gasteiger charge is 2.13. The Hall–Kier alpha value is -1.65. The van der Waals surface area contributed by atoms with Crippen LogP contribution in [0.2, 0.25) is 5.28 Å². The molecule has 20 heavy (non-hydrogen) atoms. The molecular formula is C15H13ClN2OS. The second-order valence-electron chi connectivity index (χ2n) is 4.44. The minimum atomic E-state index is 0.211. The molecule has 0 aliphatic heterocycles. The minimum absolute atomic E-state index is 0.211. The van der Waals surface area contributed by atoms with Crippen LogP contribution in [0, 0.1) is 6.92 Å². The minimum Gasteiger partial charge on any atom is -0.438 e. The van der Waals surface area contributed by atoms with Gasteiger partial charge in [-0.25, -0.2) is 4.98 Å². The number of para-hydroxylation sites is 1. The van der Waals surface area contributed by atoms with Gasteiger partial charge in [-0.1, -0.05) is 25.1 Å². The molecule has 0 saturated carbocycles. The number of nitrogens with zero attached hydrogens (tertiary/aromatic N) is 2. The normalized spacial score (nSPS) is 10.9. The zero-order valence-corrected chi connectivity index (χ0v) is 12.8. The van der Waals surface area contributed by atoms with Gasteiger partial charge in [0, 0.05) is 4.88 Å². The summed E-state index contributed by atoms with van der Waals surface area (Å²) in [6.07, 6.45) is 0.904. The molecule has 0 amide bonds. The molecule has 0 bridgehead atoms. The third-order valence-corrected chi connectivity index (χ3v) is 4.13. The summed E-state index contributed by atoms with van der Waals surface area (Å²) in [5, 5.41) is 1.12. The van der Waals surface area contributed by atoms with Crippen molar-refractivity contribution in [2.45, 2.75) is 20.3 Å². The maximum atomic E-state index is 5.98. The van der Waals surface area contributed by atoms with Crippen LogP contribution in [0.3, 0.4) is 0 Å². The van der Waals surface area contributed by atoms with Crippen LogP contribution < -0.4 is 4.74 Å². The van der Waals surface area contributed by atoms with Gasteiger partial charge in [-0.3, -0.25) is 0 Å². The Bertz CT molecular complexity index is 770. The van der Waals surface area contributed by atoms with Gasteiger partial charge < -0.3 is 4.74 Å². The van der Waals surface area contributed by atoms with Crippen molar-refractivity contribution >= 4 is 33.2 Å². The lowest BCUT2D eigenvalue weighted by Crippen LogP contribution is -1.94. The number of hydrogen-bond acceptors (Lipinski definition) is 4. The van der Waals surface area contributed by atoms with Gasteiger partial charge in [-0.2, -0.15) is 4.98 Å². The number of rotatable bonds is 3. The molecule has 3 nitrogen and oxygen atoms in total. The van der Waals surface area contributed by atoms with E-state index in [1.54, 1.807) is 11.3 Å². The molecule has 3 rings (SSSR count). The highest BCUT2D eigenvalue weighted by Crippen LogP contribution is 2.34. The summed E-state index contributed by atoms with van der Waals surface area (Å²) in [5.74, 6) is 1.33. The van der Waals surface area contributed by atoms with Crippen molar-refractivity contribution in [1.82, 2.24) is 9.97 Å². The van der Waals surface area contributed by atoms with E-state index in [0.717, 1.165) is 32.8 Å². The largest absolute Gasteiger partial charge is 0.438 e. The number of hydrogen-bond donors (Lipinski definition) is 0. The highest BCUT2D eigenvalue weighted by atomic mass is 35.5. The van der Waals surface area contributed by atoms with E-state index in [2.05, 4.69) is 16.9 Å². The van der Waals surface area contributed by atoms with Gasteiger partial charge in [0.05, 0.1) is 5.39 Å². The molecule has 0 aliphatic rings. The fourth-order valence-corrected chi connectivity index (χ4v) is 3.15. The van der Waals surface area contributed by atoms with Crippen molar-refractivity contribution < 1.29 is 4.74 Å². The van der Waals surface area contributed by atoms with Gasteiger partial charge in [0.25, 0.3) is 0 Å². The second-order valence-corrected chi connectivity index (χ2v) is 6.01. The van der Waals surface area contributed by atoms with Crippen LogP contribution in [0.15, 0.2) is 30.3 Å². The zero-order chi connectivity index (χ0) is 14.1. The Balaban J connectivity index is 2.10. The predicted octanol–water partition coefficient (Wildman–Crippen LogP) is 5.01. The Morgan fingerprint density at radius 1 is 1.25 bits per heavy atom. The monoisotopic (exact) mass is 304 g/mol. The number of halogens is 1. The van der Waals surface area contributed by atoms with Crippen LogP contribution in [0.4, 0.5) is 0 Å². The molecule has 0 radical (unpaired) electrons. The molecule has 0 N–H and O–H groups in total.